The van der Waals surface area contributed by atoms with Gasteiger partial charge in [0.05, 0.1) is 0 Å². The Morgan fingerprint density at radius 3 is 2.71 bits per heavy atom. The second-order valence-corrected chi connectivity index (χ2v) is 6.08. The molecule has 2 rings (SSSR count). The van der Waals surface area contributed by atoms with Crippen molar-refractivity contribution in [3.63, 3.8) is 0 Å². The van der Waals surface area contributed by atoms with Gasteiger partial charge in [-0.1, -0.05) is 13.3 Å². The van der Waals surface area contributed by atoms with Crippen LogP contribution in [0.2, 0.25) is 0 Å². The van der Waals surface area contributed by atoms with E-state index in [9.17, 15) is 9.18 Å². The first-order chi connectivity index (χ1) is 10.2. The first kappa shape index (κ1) is 16.2. The number of likely N-dealkylation sites (tertiary alicyclic amines) is 1. The minimum absolute atomic E-state index is 0.122. The van der Waals surface area contributed by atoms with Crippen LogP contribution in [0.15, 0.2) is 24.3 Å². The fourth-order valence-corrected chi connectivity index (χ4v) is 3.10. The lowest BCUT2D eigenvalue weighted by molar-refractivity contribution is 0.0974. The Hall–Kier alpha value is -1.22. The second-order valence-electron chi connectivity index (χ2n) is 6.08. The summed E-state index contributed by atoms with van der Waals surface area (Å²) < 4.78 is 12.8. The van der Waals surface area contributed by atoms with Gasteiger partial charge in [0.25, 0.3) is 0 Å². The van der Waals surface area contributed by atoms with Crippen molar-refractivity contribution in [3.8, 4) is 0 Å². The lowest BCUT2D eigenvalue weighted by Crippen LogP contribution is -2.26. The number of carbonyl (C=O) groups excluding carboxylic acids is 1. The molecule has 1 heterocycles. The molecular formula is C18H26FNO. The van der Waals surface area contributed by atoms with Crippen molar-refractivity contribution in [1.29, 1.82) is 0 Å². The maximum absolute atomic E-state index is 12.8. The molecule has 0 N–H and O–H groups in total. The van der Waals surface area contributed by atoms with E-state index in [-0.39, 0.29) is 11.6 Å². The Morgan fingerprint density at radius 2 is 2.00 bits per heavy atom. The van der Waals surface area contributed by atoms with Crippen molar-refractivity contribution in [1.82, 2.24) is 4.90 Å². The highest BCUT2D eigenvalue weighted by Gasteiger charge is 2.15. The van der Waals surface area contributed by atoms with Crippen LogP contribution in [0.25, 0.3) is 0 Å². The highest BCUT2D eigenvalue weighted by molar-refractivity contribution is 5.95. The maximum Gasteiger partial charge on any atom is 0.162 e. The van der Waals surface area contributed by atoms with Gasteiger partial charge >= 0.3 is 0 Å². The van der Waals surface area contributed by atoms with Gasteiger partial charge in [-0.15, -0.1) is 0 Å². The summed E-state index contributed by atoms with van der Waals surface area (Å²) in [5.41, 5.74) is 0.623. The maximum atomic E-state index is 12.8. The number of carbonyl (C=O) groups is 1. The fraction of sp³-hybridized carbons (Fsp3) is 0.611. The van der Waals surface area contributed by atoms with Crippen LogP contribution in [-0.2, 0) is 0 Å². The van der Waals surface area contributed by atoms with Gasteiger partial charge in [-0.2, -0.15) is 0 Å². The highest BCUT2D eigenvalue weighted by Crippen LogP contribution is 2.20. The topological polar surface area (TPSA) is 20.3 Å². The normalized spacial score (nSPS) is 20.2. The van der Waals surface area contributed by atoms with Crippen LogP contribution in [0, 0.1) is 11.7 Å². The average molecular weight is 291 g/mol. The van der Waals surface area contributed by atoms with E-state index in [4.69, 9.17) is 0 Å². The van der Waals surface area contributed by atoms with Gasteiger partial charge in [0, 0.05) is 12.0 Å². The first-order valence-electron chi connectivity index (χ1n) is 8.20. The zero-order valence-electron chi connectivity index (χ0n) is 13.0. The predicted molar refractivity (Wildman–Crippen MR) is 84.0 cm³/mol. The Bertz CT molecular complexity index is 443. The van der Waals surface area contributed by atoms with Crippen molar-refractivity contribution in [2.75, 3.05) is 19.6 Å². The molecule has 0 aromatic heterocycles. The number of nitrogens with zero attached hydrogens (tertiary/aromatic N) is 1. The van der Waals surface area contributed by atoms with E-state index in [1.807, 2.05) is 0 Å². The van der Waals surface area contributed by atoms with Gasteiger partial charge in [0.15, 0.2) is 5.78 Å². The van der Waals surface area contributed by atoms with Crippen LogP contribution >= 0.6 is 0 Å². The summed E-state index contributed by atoms with van der Waals surface area (Å²) in [5, 5.41) is 0. The number of hydrogen-bond donors (Lipinski definition) is 0. The van der Waals surface area contributed by atoms with E-state index in [1.165, 1.54) is 50.9 Å². The van der Waals surface area contributed by atoms with Crippen molar-refractivity contribution in [2.24, 2.45) is 5.92 Å². The van der Waals surface area contributed by atoms with E-state index in [0.717, 1.165) is 18.9 Å². The van der Waals surface area contributed by atoms with E-state index in [2.05, 4.69) is 11.8 Å². The van der Waals surface area contributed by atoms with E-state index < -0.39 is 0 Å². The third-order valence-corrected chi connectivity index (χ3v) is 4.56. The van der Waals surface area contributed by atoms with Crippen molar-refractivity contribution in [3.05, 3.63) is 35.6 Å². The van der Waals surface area contributed by atoms with Gasteiger partial charge in [-0.3, -0.25) is 4.79 Å². The summed E-state index contributed by atoms with van der Waals surface area (Å²) in [6.45, 7) is 5.62. The van der Waals surface area contributed by atoms with E-state index in [1.54, 1.807) is 12.1 Å². The number of benzene rings is 1. The molecule has 1 aromatic carbocycles. The molecule has 1 unspecified atom stereocenters. The zero-order chi connectivity index (χ0) is 15.1. The molecule has 0 aliphatic carbocycles. The van der Waals surface area contributed by atoms with E-state index >= 15 is 0 Å². The average Bonchev–Trinajstić information content (AvgIpc) is 2.73. The SMILES string of the molecule is CCC1CCCN(CCCC(=O)c2ccc(F)cc2)CC1. The number of rotatable bonds is 6. The number of hydrogen-bond acceptors (Lipinski definition) is 2. The molecule has 0 spiro atoms. The second kappa shape index (κ2) is 8.28. The quantitative estimate of drug-likeness (QED) is 0.728. The minimum atomic E-state index is -0.290. The number of ketones is 1. The van der Waals surface area contributed by atoms with Gasteiger partial charge < -0.3 is 4.90 Å². The summed E-state index contributed by atoms with van der Waals surface area (Å²) >= 11 is 0. The Kier molecular flexibility index (Phi) is 6.37. The lowest BCUT2D eigenvalue weighted by Gasteiger charge is -2.19. The predicted octanol–water partition coefficient (Wildman–Crippen LogP) is 4.30. The van der Waals surface area contributed by atoms with Gasteiger partial charge in [0.2, 0.25) is 0 Å². The van der Waals surface area contributed by atoms with Crippen LogP contribution in [0.5, 0.6) is 0 Å². The summed E-state index contributed by atoms with van der Waals surface area (Å²) in [6, 6.07) is 5.87. The molecule has 0 bridgehead atoms. The molecule has 0 radical (unpaired) electrons. The molecule has 1 aromatic rings. The molecule has 1 fully saturated rings. The monoisotopic (exact) mass is 291 g/mol. The molecular weight excluding hydrogens is 265 g/mol. The molecule has 1 aliphatic heterocycles. The van der Waals surface area contributed by atoms with Gasteiger partial charge in [-0.05, 0) is 75.5 Å². The molecule has 1 saturated heterocycles. The first-order valence-corrected chi connectivity index (χ1v) is 8.20. The molecule has 1 aliphatic rings. The molecule has 2 nitrogen and oxygen atoms in total. The van der Waals surface area contributed by atoms with Crippen LogP contribution in [0.1, 0.15) is 55.8 Å². The molecule has 21 heavy (non-hydrogen) atoms. The van der Waals surface area contributed by atoms with Crippen LogP contribution in [0.3, 0.4) is 0 Å². The largest absolute Gasteiger partial charge is 0.303 e. The van der Waals surface area contributed by atoms with Crippen molar-refractivity contribution >= 4 is 5.78 Å². The summed E-state index contributed by atoms with van der Waals surface area (Å²) in [6.07, 6.45) is 6.66. The summed E-state index contributed by atoms with van der Waals surface area (Å²) in [4.78, 5) is 14.5. The zero-order valence-corrected chi connectivity index (χ0v) is 13.0. The smallest absolute Gasteiger partial charge is 0.162 e. The number of Topliss-reactive ketones (excluding diaryl/α,β-unsaturated/α-hetero) is 1. The Balaban J connectivity index is 1.71. The van der Waals surface area contributed by atoms with Crippen LogP contribution in [0.4, 0.5) is 4.39 Å². The molecule has 0 amide bonds. The third-order valence-electron chi connectivity index (χ3n) is 4.56. The molecule has 0 saturated carbocycles. The lowest BCUT2D eigenvalue weighted by atomic mass is 9.98. The number of halogens is 1. The van der Waals surface area contributed by atoms with Crippen molar-refractivity contribution in [2.45, 2.75) is 45.4 Å². The Labute approximate surface area is 127 Å². The molecule has 3 heteroatoms. The standard InChI is InChI=1S/C18H26FNO/c1-2-15-5-3-12-20(14-11-15)13-4-6-18(21)16-7-9-17(19)10-8-16/h7-10,15H,2-6,11-14H2,1H3. The third kappa shape index (κ3) is 5.24. The van der Waals surface area contributed by atoms with Crippen molar-refractivity contribution < 1.29 is 9.18 Å². The minimum Gasteiger partial charge on any atom is -0.303 e. The summed E-state index contributed by atoms with van der Waals surface area (Å²) in [7, 11) is 0. The van der Waals surface area contributed by atoms with E-state index in [0.29, 0.717) is 12.0 Å². The summed E-state index contributed by atoms with van der Waals surface area (Å²) in [5.74, 6) is 0.716. The van der Waals surface area contributed by atoms with Crippen LogP contribution < -0.4 is 0 Å². The van der Waals surface area contributed by atoms with Gasteiger partial charge in [-0.25, -0.2) is 4.39 Å². The fourth-order valence-electron chi connectivity index (χ4n) is 3.10. The van der Waals surface area contributed by atoms with Crippen LogP contribution in [-0.4, -0.2) is 30.3 Å². The van der Waals surface area contributed by atoms with Gasteiger partial charge in [0.1, 0.15) is 5.82 Å². The Morgan fingerprint density at radius 1 is 1.24 bits per heavy atom. The molecule has 116 valence electrons. The highest BCUT2D eigenvalue weighted by atomic mass is 19.1. The molecule has 1 atom stereocenters.